The van der Waals surface area contributed by atoms with Crippen molar-refractivity contribution < 1.29 is 0 Å². The molecule has 1 aliphatic carbocycles. The summed E-state index contributed by atoms with van der Waals surface area (Å²) in [6.45, 7) is 2.06. The third-order valence-electron chi connectivity index (χ3n) is 4.40. The van der Waals surface area contributed by atoms with E-state index in [4.69, 9.17) is 4.98 Å². The highest BCUT2D eigenvalue weighted by atomic mass is 32.1. The number of aryl methyl sites for hydroxylation is 3. The lowest BCUT2D eigenvalue weighted by Gasteiger charge is -2.08. The molecule has 0 bridgehead atoms. The highest BCUT2D eigenvalue weighted by Gasteiger charge is 2.19. The van der Waals surface area contributed by atoms with Crippen LogP contribution in [0, 0.1) is 6.92 Å². The first-order valence-corrected chi connectivity index (χ1v) is 9.52. The van der Waals surface area contributed by atoms with E-state index in [2.05, 4.69) is 18.0 Å². The number of hydrogen-bond donors (Lipinski definition) is 1. The molecule has 0 aliphatic heterocycles. The first kappa shape index (κ1) is 14.2. The summed E-state index contributed by atoms with van der Waals surface area (Å²) in [7, 11) is 0. The molecule has 1 N–H and O–H groups in total. The Bertz CT molecular complexity index is 888. The van der Waals surface area contributed by atoms with Gasteiger partial charge in [0.25, 0.3) is 5.56 Å². The van der Waals surface area contributed by atoms with Crippen LogP contribution < -0.4 is 5.56 Å². The zero-order valence-electron chi connectivity index (χ0n) is 12.6. The van der Waals surface area contributed by atoms with Gasteiger partial charge in [0.1, 0.15) is 4.83 Å². The Balaban J connectivity index is 1.92. The first-order chi connectivity index (χ1) is 10.7. The van der Waals surface area contributed by atoms with E-state index in [-0.39, 0.29) is 5.56 Å². The molecule has 0 fully saturated rings. The zero-order valence-corrected chi connectivity index (χ0v) is 14.2. The molecule has 1 aliphatic rings. The van der Waals surface area contributed by atoms with Gasteiger partial charge in [0.2, 0.25) is 0 Å². The van der Waals surface area contributed by atoms with Crippen molar-refractivity contribution in [2.45, 2.75) is 45.4 Å². The van der Waals surface area contributed by atoms with Crippen LogP contribution in [0.5, 0.6) is 0 Å². The largest absolute Gasteiger partial charge is 0.305 e. The van der Waals surface area contributed by atoms with Gasteiger partial charge >= 0.3 is 0 Å². The maximum atomic E-state index is 12.7. The minimum atomic E-state index is 0.0332. The van der Waals surface area contributed by atoms with Gasteiger partial charge in [0.05, 0.1) is 10.3 Å². The van der Waals surface area contributed by atoms with Crippen LogP contribution in [0.25, 0.3) is 20.9 Å². The predicted molar refractivity (Wildman–Crippen MR) is 94.2 cm³/mol. The molecule has 4 rings (SSSR count). The molecule has 0 spiro atoms. The quantitative estimate of drug-likeness (QED) is 0.704. The number of fused-ring (bicyclic) bond motifs is 3. The van der Waals surface area contributed by atoms with E-state index in [0.717, 1.165) is 33.8 Å². The molecule has 114 valence electrons. The van der Waals surface area contributed by atoms with Crippen LogP contribution in [0.4, 0.5) is 0 Å². The van der Waals surface area contributed by atoms with Crippen molar-refractivity contribution in [3.8, 4) is 10.7 Å². The van der Waals surface area contributed by atoms with E-state index < -0.39 is 0 Å². The lowest BCUT2D eigenvalue weighted by Crippen LogP contribution is -2.10. The summed E-state index contributed by atoms with van der Waals surface area (Å²) in [5.41, 5.74) is 2.47. The molecule has 0 aromatic carbocycles. The Morgan fingerprint density at radius 2 is 2.00 bits per heavy atom. The Labute approximate surface area is 137 Å². The lowest BCUT2D eigenvalue weighted by atomic mass is 9.98. The first-order valence-electron chi connectivity index (χ1n) is 7.83. The van der Waals surface area contributed by atoms with Crippen molar-refractivity contribution in [2.75, 3.05) is 0 Å². The number of hydrogen-bond acceptors (Lipinski definition) is 4. The smallest absolute Gasteiger partial charge is 0.260 e. The Hall–Kier alpha value is -1.46. The highest BCUT2D eigenvalue weighted by molar-refractivity contribution is 7.19. The second kappa shape index (κ2) is 5.63. The summed E-state index contributed by atoms with van der Waals surface area (Å²) in [4.78, 5) is 23.8. The van der Waals surface area contributed by atoms with E-state index >= 15 is 0 Å². The highest BCUT2D eigenvalue weighted by Crippen LogP contribution is 2.34. The SMILES string of the molecule is Cc1ccsc1-c1nc2sc3c(c2c(=O)[nH]1)CCCCCC3. The molecule has 22 heavy (non-hydrogen) atoms. The van der Waals surface area contributed by atoms with Crippen molar-refractivity contribution in [2.24, 2.45) is 0 Å². The minimum absolute atomic E-state index is 0.0332. The van der Waals surface area contributed by atoms with Crippen LogP contribution in [0.3, 0.4) is 0 Å². The van der Waals surface area contributed by atoms with E-state index in [1.165, 1.54) is 41.7 Å². The number of aromatic amines is 1. The van der Waals surface area contributed by atoms with Gasteiger partial charge in [0.15, 0.2) is 5.82 Å². The third kappa shape index (κ3) is 2.32. The summed E-state index contributed by atoms with van der Waals surface area (Å²) >= 11 is 3.36. The number of nitrogens with zero attached hydrogens (tertiary/aromatic N) is 1. The van der Waals surface area contributed by atoms with Crippen LogP contribution in [-0.4, -0.2) is 9.97 Å². The number of nitrogens with one attached hydrogen (secondary N) is 1. The molecule has 0 saturated carbocycles. The Kier molecular flexibility index (Phi) is 3.62. The monoisotopic (exact) mass is 330 g/mol. The van der Waals surface area contributed by atoms with Crippen molar-refractivity contribution in [1.82, 2.24) is 9.97 Å². The van der Waals surface area contributed by atoms with Gasteiger partial charge in [0, 0.05) is 4.88 Å². The fourth-order valence-corrected chi connectivity index (χ4v) is 5.37. The van der Waals surface area contributed by atoms with Crippen LogP contribution >= 0.6 is 22.7 Å². The molecular weight excluding hydrogens is 312 g/mol. The van der Waals surface area contributed by atoms with Crippen molar-refractivity contribution in [3.05, 3.63) is 37.8 Å². The summed E-state index contributed by atoms with van der Waals surface area (Å²) in [5.74, 6) is 0.722. The molecule has 3 aromatic rings. The molecular formula is C17H18N2OS2. The normalized spacial score (nSPS) is 15.5. The number of rotatable bonds is 1. The molecule has 3 heterocycles. The zero-order chi connectivity index (χ0) is 15.1. The Morgan fingerprint density at radius 1 is 1.18 bits per heavy atom. The summed E-state index contributed by atoms with van der Waals surface area (Å²) < 4.78 is 0. The molecule has 0 atom stereocenters. The lowest BCUT2D eigenvalue weighted by molar-refractivity contribution is 0.623. The average molecular weight is 330 g/mol. The molecule has 3 aromatic heterocycles. The number of thiophene rings is 2. The second-order valence-corrected chi connectivity index (χ2v) is 7.95. The Morgan fingerprint density at radius 3 is 2.77 bits per heavy atom. The van der Waals surface area contributed by atoms with E-state index in [1.807, 2.05) is 5.38 Å². The molecule has 3 nitrogen and oxygen atoms in total. The van der Waals surface area contributed by atoms with Gasteiger partial charge in [-0.15, -0.1) is 22.7 Å². The van der Waals surface area contributed by atoms with Gasteiger partial charge in [-0.2, -0.15) is 0 Å². The van der Waals surface area contributed by atoms with Crippen LogP contribution in [0.2, 0.25) is 0 Å². The second-order valence-electron chi connectivity index (χ2n) is 5.95. The van der Waals surface area contributed by atoms with Gasteiger partial charge in [-0.25, -0.2) is 4.98 Å². The number of aromatic nitrogens is 2. The van der Waals surface area contributed by atoms with Crippen molar-refractivity contribution in [1.29, 1.82) is 0 Å². The third-order valence-corrected chi connectivity index (χ3v) is 6.61. The van der Waals surface area contributed by atoms with E-state index in [1.54, 1.807) is 22.7 Å². The van der Waals surface area contributed by atoms with E-state index in [0.29, 0.717) is 0 Å². The van der Waals surface area contributed by atoms with E-state index in [9.17, 15) is 4.79 Å². The maximum Gasteiger partial charge on any atom is 0.260 e. The molecule has 0 unspecified atom stereocenters. The average Bonchev–Trinajstić information content (AvgIpc) is 3.03. The standard InChI is InChI=1S/C17H18N2OS2/c1-10-8-9-21-14(10)15-18-16(20)13-11-6-4-2-3-5-7-12(11)22-17(13)19-15/h8-9H,2-7H2,1H3,(H,18,19,20). The fraction of sp³-hybridized carbons (Fsp3) is 0.412. The van der Waals surface area contributed by atoms with Gasteiger partial charge in [-0.1, -0.05) is 12.8 Å². The maximum absolute atomic E-state index is 12.7. The summed E-state index contributed by atoms with van der Waals surface area (Å²) in [6, 6.07) is 2.07. The predicted octanol–water partition coefficient (Wildman–Crippen LogP) is 4.68. The topological polar surface area (TPSA) is 45.8 Å². The van der Waals surface area contributed by atoms with Crippen LogP contribution in [-0.2, 0) is 12.8 Å². The van der Waals surface area contributed by atoms with Crippen molar-refractivity contribution in [3.63, 3.8) is 0 Å². The van der Waals surface area contributed by atoms with Crippen LogP contribution in [0.15, 0.2) is 16.2 Å². The van der Waals surface area contributed by atoms with Crippen molar-refractivity contribution >= 4 is 32.9 Å². The fourth-order valence-electron chi connectivity index (χ4n) is 3.24. The van der Waals surface area contributed by atoms with Crippen LogP contribution in [0.1, 0.15) is 41.7 Å². The molecule has 5 heteroatoms. The molecule has 0 saturated heterocycles. The van der Waals surface area contributed by atoms with Gasteiger partial charge in [-0.05, 0) is 55.2 Å². The summed E-state index contributed by atoms with van der Waals surface area (Å²) in [5, 5.41) is 2.89. The van der Waals surface area contributed by atoms with Gasteiger partial charge < -0.3 is 4.98 Å². The summed E-state index contributed by atoms with van der Waals surface area (Å²) in [6.07, 6.45) is 7.12. The molecule has 0 radical (unpaired) electrons. The molecule has 0 amide bonds. The number of H-pyrrole nitrogens is 1. The minimum Gasteiger partial charge on any atom is -0.305 e. The van der Waals surface area contributed by atoms with Gasteiger partial charge in [-0.3, -0.25) is 4.79 Å².